The summed E-state index contributed by atoms with van der Waals surface area (Å²) in [5, 5.41) is 15.7. The first kappa shape index (κ1) is 17.2. The Morgan fingerprint density at radius 1 is 1.33 bits per heavy atom. The first-order valence-electron chi connectivity index (χ1n) is 6.74. The van der Waals surface area contributed by atoms with Gasteiger partial charge in [-0.1, -0.05) is 13.0 Å². The normalized spacial score (nSPS) is 13.2. The van der Waals surface area contributed by atoms with Crippen molar-refractivity contribution in [3.63, 3.8) is 0 Å². The molecule has 0 saturated heterocycles. The summed E-state index contributed by atoms with van der Waals surface area (Å²) < 4.78 is 0. The quantitative estimate of drug-likeness (QED) is 0.677. The third-order valence-electron chi connectivity index (χ3n) is 2.96. The predicted octanol–water partition coefficient (Wildman–Crippen LogP) is 1.48. The van der Waals surface area contributed by atoms with Crippen LogP contribution in [0.2, 0.25) is 0 Å². The molecule has 116 valence electrons. The van der Waals surface area contributed by atoms with E-state index in [4.69, 9.17) is 5.11 Å². The van der Waals surface area contributed by atoms with Crippen LogP contribution >= 0.6 is 11.3 Å². The van der Waals surface area contributed by atoms with E-state index < -0.39 is 12.0 Å². The van der Waals surface area contributed by atoms with Gasteiger partial charge in [-0.3, -0.25) is 14.4 Å². The number of carboxylic acid groups (broad SMARTS) is 1. The van der Waals surface area contributed by atoms with Gasteiger partial charge in [-0.15, -0.1) is 11.3 Å². The maximum atomic E-state index is 11.9. The van der Waals surface area contributed by atoms with Crippen LogP contribution < -0.4 is 10.6 Å². The molecule has 0 saturated carbocycles. The number of hydrogen-bond acceptors (Lipinski definition) is 4. The molecule has 1 aromatic heterocycles. The van der Waals surface area contributed by atoms with Gasteiger partial charge in [0.25, 0.3) is 5.91 Å². The number of amides is 2. The molecule has 1 rings (SSSR count). The first-order chi connectivity index (χ1) is 9.90. The SMILES string of the molecule is CC(CCC(=O)O)CNC(=O)C(C)NC(=O)c1cccs1. The van der Waals surface area contributed by atoms with Gasteiger partial charge in [-0.2, -0.15) is 0 Å². The van der Waals surface area contributed by atoms with E-state index in [0.29, 0.717) is 17.8 Å². The van der Waals surface area contributed by atoms with Gasteiger partial charge >= 0.3 is 5.97 Å². The third-order valence-corrected chi connectivity index (χ3v) is 3.83. The summed E-state index contributed by atoms with van der Waals surface area (Å²) in [6.07, 6.45) is 0.591. The highest BCUT2D eigenvalue weighted by molar-refractivity contribution is 7.12. The van der Waals surface area contributed by atoms with Crippen LogP contribution in [0.3, 0.4) is 0 Å². The van der Waals surface area contributed by atoms with Crippen LogP contribution in [-0.4, -0.2) is 35.5 Å². The van der Waals surface area contributed by atoms with Crippen molar-refractivity contribution in [3.05, 3.63) is 22.4 Å². The predicted molar refractivity (Wildman–Crippen MR) is 80.3 cm³/mol. The van der Waals surface area contributed by atoms with E-state index in [0.717, 1.165) is 0 Å². The van der Waals surface area contributed by atoms with Gasteiger partial charge in [0.1, 0.15) is 6.04 Å². The molecule has 0 fully saturated rings. The molecule has 0 aliphatic rings. The zero-order valence-corrected chi connectivity index (χ0v) is 12.9. The standard InChI is InChI=1S/C14H20N2O4S/c1-9(5-6-12(17)18)8-15-13(19)10(2)16-14(20)11-4-3-7-21-11/h3-4,7,9-10H,5-6,8H2,1-2H3,(H,15,19)(H,16,20)(H,17,18). The molecule has 3 N–H and O–H groups in total. The molecule has 7 heteroatoms. The van der Waals surface area contributed by atoms with Crippen molar-refractivity contribution in [1.82, 2.24) is 10.6 Å². The lowest BCUT2D eigenvalue weighted by atomic mass is 10.1. The second kappa shape index (κ2) is 8.41. The highest BCUT2D eigenvalue weighted by atomic mass is 32.1. The Hall–Kier alpha value is -1.89. The number of hydrogen-bond donors (Lipinski definition) is 3. The summed E-state index contributed by atoms with van der Waals surface area (Å²) in [6.45, 7) is 3.88. The van der Waals surface area contributed by atoms with E-state index in [2.05, 4.69) is 10.6 Å². The van der Waals surface area contributed by atoms with Gasteiger partial charge in [-0.05, 0) is 30.7 Å². The number of carbonyl (C=O) groups is 3. The van der Waals surface area contributed by atoms with Gasteiger partial charge in [-0.25, -0.2) is 0 Å². The Balaban J connectivity index is 2.31. The fraction of sp³-hybridized carbons (Fsp3) is 0.500. The van der Waals surface area contributed by atoms with Crippen molar-refractivity contribution in [2.75, 3.05) is 6.54 Å². The van der Waals surface area contributed by atoms with Gasteiger partial charge in [0.2, 0.25) is 5.91 Å². The van der Waals surface area contributed by atoms with Crippen LogP contribution in [0.5, 0.6) is 0 Å². The fourth-order valence-corrected chi connectivity index (χ4v) is 2.27. The number of thiophene rings is 1. The summed E-state index contributed by atoms with van der Waals surface area (Å²) in [5.41, 5.74) is 0. The van der Waals surface area contributed by atoms with Gasteiger partial charge in [0.05, 0.1) is 4.88 Å². The van der Waals surface area contributed by atoms with E-state index in [9.17, 15) is 14.4 Å². The minimum Gasteiger partial charge on any atom is -0.481 e. The molecule has 0 bridgehead atoms. The second-order valence-corrected chi connectivity index (χ2v) is 5.90. The molecule has 1 aromatic rings. The molecular weight excluding hydrogens is 292 g/mol. The van der Waals surface area contributed by atoms with E-state index >= 15 is 0 Å². The first-order valence-corrected chi connectivity index (χ1v) is 7.62. The van der Waals surface area contributed by atoms with Crippen LogP contribution in [0.4, 0.5) is 0 Å². The summed E-state index contributed by atoms with van der Waals surface area (Å²) in [6, 6.07) is 2.83. The molecule has 0 aliphatic carbocycles. The lowest BCUT2D eigenvalue weighted by Gasteiger charge is -2.16. The molecule has 0 spiro atoms. The van der Waals surface area contributed by atoms with E-state index in [1.165, 1.54) is 11.3 Å². The van der Waals surface area contributed by atoms with Gasteiger partial charge < -0.3 is 15.7 Å². The topological polar surface area (TPSA) is 95.5 Å². The zero-order valence-electron chi connectivity index (χ0n) is 12.1. The lowest BCUT2D eigenvalue weighted by Crippen LogP contribution is -2.45. The molecule has 0 aliphatic heterocycles. The van der Waals surface area contributed by atoms with Crippen LogP contribution in [0.15, 0.2) is 17.5 Å². The molecule has 0 radical (unpaired) electrons. The Kier molecular flexibility index (Phi) is 6.87. The van der Waals surface area contributed by atoms with Crippen molar-refractivity contribution in [2.45, 2.75) is 32.7 Å². The van der Waals surface area contributed by atoms with Crippen molar-refractivity contribution < 1.29 is 19.5 Å². The molecular formula is C14H20N2O4S. The molecule has 1 heterocycles. The molecule has 21 heavy (non-hydrogen) atoms. The van der Waals surface area contributed by atoms with Crippen molar-refractivity contribution in [1.29, 1.82) is 0 Å². The van der Waals surface area contributed by atoms with E-state index in [1.807, 2.05) is 6.92 Å². The number of nitrogens with one attached hydrogen (secondary N) is 2. The molecule has 2 amide bonds. The van der Waals surface area contributed by atoms with Gasteiger partial charge in [0, 0.05) is 13.0 Å². The Labute approximate surface area is 127 Å². The van der Waals surface area contributed by atoms with E-state index in [-0.39, 0.29) is 24.2 Å². The fourth-order valence-electron chi connectivity index (χ4n) is 1.64. The third kappa shape index (κ3) is 6.40. The summed E-state index contributed by atoms with van der Waals surface area (Å²) in [7, 11) is 0. The van der Waals surface area contributed by atoms with Crippen LogP contribution in [0.1, 0.15) is 36.4 Å². The molecule has 2 unspecified atom stereocenters. The van der Waals surface area contributed by atoms with Crippen LogP contribution in [0.25, 0.3) is 0 Å². The van der Waals surface area contributed by atoms with E-state index in [1.54, 1.807) is 24.4 Å². The average molecular weight is 312 g/mol. The summed E-state index contributed by atoms with van der Waals surface area (Å²) in [4.78, 5) is 34.7. The minimum absolute atomic E-state index is 0.0743. The van der Waals surface area contributed by atoms with Crippen LogP contribution in [-0.2, 0) is 9.59 Å². The largest absolute Gasteiger partial charge is 0.481 e. The molecule has 6 nitrogen and oxygen atoms in total. The molecule has 0 aromatic carbocycles. The minimum atomic E-state index is -0.843. The van der Waals surface area contributed by atoms with Crippen LogP contribution in [0, 0.1) is 5.92 Å². The van der Waals surface area contributed by atoms with Crippen molar-refractivity contribution >= 4 is 29.1 Å². The lowest BCUT2D eigenvalue weighted by molar-refractivity contribution is -0.137. The highest BCUT2D eigenvalue weighted by Crippen LogP contribution is 2.08. The zero-order chi connectivity index (χ0) is 15.8. The summed E-state index contributed by atoms with van der Waals surface area (Å²) >= 11 is 1.31. The highest BCUT2D eigenvalue weighted by Gasteiger charge is 2.17. The Bertz CT molecular complexity index is 487. The Morgan fingerprint density at radius 2 is 2.05 bits per heavy atom. The maximum absolute atomic E-state index is 11.9. The number of aliphatic carboxylic acids is 1. The average Bonchev–Trinajstić information content (AvgIpc) is 2.96. The summed E-state index contributed by atoms with van der Waals surface area (Å²) in [5.74, 6) is -1.32. The monoisotopic (exact) mass is 312 g/mol. The Morgan fingerprint density at radius 3 is 2.62 bits per heavy atom. The van der Waals surface area contributed by atoms with Gasteiger partial charge in [0.15, 0.2) is 0 Å². The molecule has 2 atom stereocenters. The smallest absolute Gasteiger partial charge is 0.303 e. The number of rotatable bonds is 8. The number of carbonyl (C=O) groups excluding carboxylic acids is 2. The number of carboxylic acids is 1. The maximum Gasteiger partial charge on any atom is 0.303 e. The van der Waals surface area contributed by atoms with Crippen molar-refractivity contribution in [3.8, 4) is 0 Å². The van der Waals surface area contributed by atoms with Crippen molar-refractivity contribution in [2.24, 2.45) is 5.92 Å². The second-order valence-electron chi connectivity index (χ2n) is 4.96.